The Labute approximate surface area is 168 Å². The van der Waals surface area contributed by atoms with Gasteiger partial charge in [-0.05, 0) is 37.6 Å². The summed E-state index contributed by atoms with van der Waals surface area (Å²) in [6.07, 6.45) is -4.46. The van der Waals surface area contributed by atoms with E-state index in [1.807, 2.05) is 0 Å². The predicted octanol–water partition coefficient (Wildman–Crippen LogP) is 5.72. The number of ether oxygens (including phenoxy) is 1. The molecular formula is C18H16ClF3N2O5. The first-order valence-corrected chi connectivity index (χ1v) is 8.66. The predicted molar refractivity (Wildman–Crippen MR) is 99.6 cm³/mol. The number of nitrogens with one attached hydrogen (secondary N) is 1. The second-order valence-corrected chi connectivity index (χ2v) is 6.57. The summed E-state index contributed by atoms with van der Waals surface area (Å²) in [5.74, 6) is -0.953. The van der Waals surface area contributed by atoms with Gasteiger partial charge in [-0.1, -0.05) is 11.6 Å². The molecule has 0 aliphatic heterocycles. The molecule has 0 bridgehead atoms. The normalized spacial score (nSPS) is 12.3. The zero-order valence-corrected chi connectivity index (χ0v) is 15.8. The summed E-state index contributed by atoms with van der Waals surface area (Å²) in [7, 11) is 0. The van der Waals surface area contributed by atoms with Crippen LogP contribution in [-0.4, -0.2) is 22.0 Å². The van der Waals surface area contributed by atoms with Crippen LogP contribution in [0.25, 0.3) is 0 Å². The number of hydrogen-bond donors (Lipinski definition) is 2. The Hall–Kier alpha value is -3.01. The molecule has 0 spiro atoms. The molecule has 0 heterocycles. The van der Waals surface area contributed by atoms with Gasteiger partial charge in [-0.25, -0.2) is 0 Å². The highest BCUT2D eigenvalue weighted by atomic mass is 35.5. The average Bonchev–Trinajstić information content (AvgIpc) is 2.60. The number of halogens is 4. The Bertz CT molecular complexity index is 921. The fourth-order valence-electron chi connectivity index (χ4n) is 2.42. The lowest BCUT2D eigenvalue weighted by molar-refractivity contribution is -0.384. The van der Waals surface area contributed by atoms with Crippen LogP contribution in [-0.2, 0) is 11.0 Å². The smallest absolute Gasteiger partial charge is 0.416 e. The first-order valence-electron chi connectivity index (χ1n) is 8.28. The lowest BCUT2D eigenvalue weighted by atomic mass is 10.1. The van der Waals surface area contributed by atoms with Gasteiger partial charge in [0.05, 0.1) is 15.5 Å². The Morgan fingerprint density at radius 1 is 1.31 bits per heavy atom. The maximum atomic E-state index is 12.7. The first-order chi connectivity index (χ1) is 13.5. The number of hydrogen-bond acceptors (Lipinski definition) is 5. The standard InChI is InChI=1S/C18H16ClF3N2O5/c1-10(2-7-17(25)26)23-14-9-12(4-5-15(14)24(27)28)29-16-6-3-11(8-13(16)19)18(20,21)22/h3-6,8-10,23H,2,7H2,1H3,(H,25,26). The number of nitro benzene ring substituents is 1. The van der Waals surface area contributed by atoms with Gasteiger partial charge >= 0.3 is 12.1 Å². The second-order valence-electron chi connectivity index (χ2n) is 6.16. The van der Waals surface area contributed by atoms with Crippen LogP contribution < -0.4 is 10.1 Å². The van der Waals surface area contributed by atoms with Crippen LogP contribution in [0.5, 0.6) is 11.5 Å². The summed E-state index contributed by atoms with van der Waals surface area (Å²) < 4.78 is 43.7. The summed E-state index contributed by atoms with van der Waals surface area (Å²) in [4.78, 5) is 21.3. The Morgan fingerprint density at radius 2 is 2.00 bits per heavy atom. The summed E-state index contributed by atoms with van der Waals surface area (Å²) in [5.41, 5.74) is -1.13. The van der Waals surface area contributed by atoms with E-state index in [1.165, 1.54) is 18.2 Å². The monoisotopic (exact) mass is 432 g/mol. The van der Waals surface area contributed by atoms with E-state index in [1.54, 1.807) is 6.92 Å². The second kappa shape index (κ2) is 8.99. The fourth-order valence-corrected chi connectivity index (χ4v) is 2.64. The lowest BCUT2D eigenvalue weighted by Crippen LogP contribution is -2.17. The van der Waals surface area contributed by atoms with Crippen molar-refractivity contribution in [2.75, 3.05) is 5.32 Å². The number of anilines is 1. The van der Waals surface area contributed by atoms with Gasteiger partial charge in [-0.2, -0.15) is 13.2 Å². The first kappa shape index (κ1) is 22.3. The number of nitro groups is 1. The molecule has 0 amide bonds. The molecule has 2 aromatic rings. The van der Waals surface area contributed by atoms with Crippen LogP contribution in [0.1, 0.15) is 25.3 Å². The highest BCUT2D eigenvalue weighted by Gasteiger charge is 2.31. The van der Waals surface area contributed by atoms with E-state index < -0.39 is 28.7 Å². The summed E-state index contributed by atoms with van der Waals surface area (Å²) in [6, 6.07) is 5.92. The molecule has 0 radical (unpaired) electrons. The molecule has 2 N–H and O–H groups in total. The van der Waals surface area contributed by atoms with E-state index in [0.717, 1.165) is 18.2 Å². The highest BCUT2D eigenvalue weighted by molar-refractivity contribution is 6.32. The van der Waals surface area contributed by atoms with Gasteiger partial charge in [0.2, 0.25) is 0 Å². The van der Waals surface area contributed by atoms with Crippen LogP contribution in [0, 0.1) is 10.1 Å². The molecule has 2 aromatic carbocycles. The van der Waals surface area contributed by atoms with Crippen LogP contribution in [0.4, 0.5) is 24.5 Å². The third-order valence-electron chi connectivity index (χ3n) is 3.84. The summed E-state index contributed by atoms with van der Waals surface area (Å²) in [6.45, 7) is 1.66. The molecule has 156 valence electrons. The zero-order valence-electron chi connectivity index (χ0n) is 15.0. The molecule has 0 aliphatic carbocycles. The van der Waals surface area contributed by atoms with Crippen LogP contribution >= 0.6 is 11.6 Å². The molecule has 1 unspecified atom stereocenters. The minimum Gasteiger partial charge on any atom is -0.481 e. The average molecular weight is 433 g/mol. The van der Waals surface area contributed by atoms with Gasteiger partial charge in [0, 0.05) is 24.6 Å². The number of nitrogens with zero attached hydrogens (tertiary/aromatic N) is 1. The third-order valence-corrected chi connectivity index (χ3v) is 4.14. The van der Waals surface area contributed by atoms with Crippen LogP contribution in [0.2, 0.25) is 5.02 Å². The fraction of sp³-hybridized carbons (Fsp3) is 0.278. The Balaban J connectivity index is 2.26. The quantitative estimate of drug-likeness (QED) is 0.408. The molecule has 7 nitrogen and oxygen atoms in total. The largest absolute Gasteiger partial charge is 0.481 e. The maximum Gasteiger partial charge on any atom is 0.416 e. The molecule has 0 saturated heterocycles. The van der Waals surface area contributed by atoms with Crippen molar-refractivity contribution in [2.24, 2.45) is 0 Å². The van der Waals surface area contributed by atoms with E-state index in [0.29, 0.717) is 0 Å². The zero-order chi connectivity index (χ0) is 21.8. The number of rotatable bonds is 8. The van der Waals surface area contributed by atoms with Crippen LogP contribution in [0.3, 0.4) is 0 Å². The topological polar surface area (TPSA) is 102 Å². The van der Waals surface area contributed by atoms with E-state index >= 15 is 0 Å². The van der Waals surface area contributed by atoms with E-state index in [9.17, 15) is 28.1 Å². The van der Waals surface area contributed by atoms with Crippen molar-refractivity contribution in [3.8, 4) is 11.5 Å². The van der Waals surface area contributed by atoms with Crippen molar-refractivity contribution in [1.82, 2.24) is 0 Å². The van der Waals surface area contributed by atoms with E-state index in [-0.39, 0.29) is 40.7 Å². The number of aliphatic carboxylic acids is 1. The number of carbonyl (C=O) groups is 1. The molecule has 29 heavy (non-hydrogen) atoms. The van der Waals surface area contributed by atoms with Gasteiger partial charge in [0.25, 0.3) is 5.69 Å². The summed E-state index contributed by atoms with van der Waals surface area (Å²) in [5, 5.41) is 22.5. The van der Waals surface area contributed by atoms with Crippen LogP contribution in [0.15, 0.2) is 36.4 Å². The molecule has 0 saturated carbocycles. The van der Waals surface area contributed by atoms with Crippen molar-refractivity contribution in [3.63, 3.8) is 0 Å². The van der Waals surface area contributed by atoms with Crippen molar-refractivity contribution >= 4 is 28.9 Å². The number of carboxylic acids is 1. The van der Waals surface area contributed by atoms with Crippen molar-refractivity contribution in [2.45, 2.75) is 32.0 Å². The van der Waals surface area contributed by atoms with Crippen molar-refractivity contribution in [3.05, 3.63) is 57.1 Å². The molecule has 1 atom stereocenters. The van der Waals surface area contributed by atoms with Crippen molar-refractivity contribution < 1.29 is 32.7 Å². The van der Waals surface area contributed by atoms with Gasteiger partial charge in [-0.3, -0.25) is 14.9 Å². The Kier molecular flexibility index (Phi) is 6.91. The molecule has 0 fully saturated rings. The third kappa shape index (κ3) is 6.24. The molecule has 11 heteroatoms. The molecule has 0 aromatic heterocycles. The van der Waals surface area contributed by atoms with Gasteiger partial charge in [0.15, 0.2) is 0 Å². The molecule has 2 rings (SSSR count). The maximum absolute atomic E-state index is 12.7. The highest BCUT2D eigenvalue weighted by Crippen LogP contribution is 2.38. The van der Waals surface area contributed by atoms with Gasteiger partial charge in [0.1, 0.15) is 17.2 Å². The van der Waals surface area contributed by atoms with Gasteiger partial charge < -0.3 is 15.2 Å². The number of carboxylic acid groups (broad SMARTS) is 1. The SMILES string of the molecule is CC(CCC(=O)O)Nc1cc(Oc2ccc(C(F)(F)F)cc2Cl)ccc1[N+](=O)[O-]. The van der Waals surface area contributed by atoms with E-state index in [2.05, 4.69) is 5.32 Å². The minimum absolute atomic E-state index is 0.0570. The molecular weight excluding hydrogens is 417 g/mol. The van der Waals surface area contributed by atoms with Crippen molar-refractivity contribution in [1.29, 1.82) is 0 Å². The minimum atomic E-state index is -4.56. The number of alkyl halides is 3. The summed E-state index contributed by atoms with van der Waals surface area (Å²) >= 11 is 5.86. The van der Waals surface area contributed by atoms with E-state index in [4.69, 9.17) is 21.4 Å². The number of benzene rings is 2. The molecule has 0 aliphatic rings. The Morgan fingerprint density at radius 3 is 2.55 bits per heavy atom. The lowest BCUT2D eigenvalue weighted by Gasteiger charge is -2.16. The van der Waals surface area contributed by atoms with Gasteiger partial charge in [-0.15, -0.1) is 0 Å².